The predicted octanol–water partition coefficient (Wildman–Crippen LogP) is -2.59. The molecule has 1 rings (SSSR count). The minimum absolute atomic E-state index is 0. The maximum Gasteiger partial charge on any atom is 1.00 e. The molecule has 0 radical (unpaired) electrons. The average molecular weight is 395 g/mol. The van der Waals surface area contributed by atoms with Gasteiger partial charge in [-0.1, -0.05) is 6.92 Å². The number of amides is 1. The van der Waals surface area contributed by atoms with Gasteiger partial charge in [-0.25, -0.2) is 18.0 Å². The van der Waals surface area contributed by atoms with Crippen molar-refractivity contribution in [2.24, 2.45) is 0 Å². The smallest absolute Gasteiger partial charge is 0.744 e. The SMILES string of the molecule is CCC(=O)N(C)CCOC(=O)c1cc(C(=O)OC)cc(S(=O)(=O)[O-])c1.[Na+]. The van der Waals surface area contributed by atoms with E-state index in [4.69, 9.17) is 4.74 Å². The number of esters is 2. The molecule has 138 valence electrons. The maximum absolute atomic E-state index is 12.0. The largest absolute Gasteiger partial charge is 1.00 e. The van der Waals surface area contributed by atoms with Gasteiger partial charge in [-0.15, -0.1) is 0 Å². The van der Waals surface area contributed by atoms with Crippen molar-refractivity contribution in [3.8, 4) is 0 Å². The summed E-state index contributed by atoms with van der Waals surface area (Å²) in [5.41, 5.74) is -0.563. The van der Waals surface area contributed by atoms with Crippen LogP contribution in [-0.2, 0) is 24.4 Å². The van der Waals surface area contributed by atoms with E-state index < -0.39 is 27.0 Å². The van der Waals surface area contributed by atoms with Gasteiger partial charge in [0.15, 0.2) is 0 Å². The van der Waals surface area contributed by atoms with Gasteiger partial charge in [-0.2, -0.15) is 0 Å². The first-order valence-corrected chi connectivity index (χ1v) is 8.61. The van der Waals surface area contributed by atoms with Crippen molar-refractivity contribution in [2.45, 2.75) is 18.2 Å². The molecule has 0 aliphatic carbocycles. The number of ether oxygens (including phenoxy) is 2. The molecule has 0 aliphatic rings. The second-order valence-electron chi connectivity index (χ2n) is 5.00. The number of nitrogens with zero attached hydrogens (tertiary/aromatic N) is 1. The van der Waals surface area contributed by atoms with Crippen LogP contribution >= 0.6 is 0 Å². The van der Waals surface area contributed by atoms with Crippen LogP contribution in [0.15, 0.2) is 23.1 Å². The molecular weight excluding hydrogens is 377 g/mol. The van der Waals surface area contributed by atoms with Gasteiger partial charge in [0.1, 0.15) is 16.7 Å². The Hall–Kier alpha value is -1.46. The van der Waals surface area contributed by atoms with Crippen LogP contribution < -0.4 is 29.6 Å². The van der Waals surface area contributed by atoms with Crippen LogP contribution in [0.1, 0.15) is 34.1 Å². The Bertz CT molecular complexity index is 778. The number of carbonyl (C=O) groups is 3. The third-order valence-corrected chi connectivity index (χ3v) is 4.05. The second-order valence-corrected chi connectivity index (χ2v) is 6.38. The number of likely N-dealkylation sites (N-methyl/N-ethyl adjacent to an activating group) is 1. The molecule has 1 aromatic carbocycles. The van der Waals surface area contributed by atoms with Crippen LogP contribution in [0.2, 0.25) is 0 Å². The van der Waals surface area contributed by atoms with E-state index in [2.05, 4.69) is 4.74 Å². The Morgan fingerprint density at radius 3 is 2.12 bits per heavy atom. The molecule has 0 heterocycles. The fourth-order valence-corrected chi connectivity index (χ4v) is 2.39. The van der Waals surface area contributed by atoms with E-state index in [1.165, 1.54) is 4.90 Å². The first-order chi connectivity index (χ1) is 11.6. The van der Waals surface area contributed by atoms with E-state index in [0.29, 0.717) is 6.42 Å². The molecule has 0 unspecified atom stereocenters. The Morgan fingerprint density at radius 1 is 1.12 bits per heavy atom. The predicted molar refractivity (Wildman–Crippen MR) is 84.0 cm³/mol. The summed E-state index contributed by atoms with van der Waals surface area (Å²) in [4.78, 5) is 35.6. The molecule has 0 saturated carbocycles. The van der Waals surface area contributed by atoms with E-state index in [-0.39, 0.29) is 59.7 Å². The number of carbonyl (C=O) groups excluding carboxylic acids is 3. The van der Waals surface area contributed by atoms with Crippen molar-refractivity contribution in [2.75, 3.05) is 27.3 Å². The van der Waals surface area contributed by atoms with Gasteiger partial charge >= 0.3 is 41.5 Å². The van der Waals surface area contributed by atoms with Gasteiger partial charge in [0.2, 0.25) is 5.91 Å². The van der Waals surface area contributed by atoms with E-state index in [1.54, 1.807) is 14.0 Å². The number of methoxy groups -OCH3 is 1. The number of hydrogen-bond donors (Lipinski definition) is 0. The topological polar surface area (TPSA) is 130 Å². The van der Waals surface area contributed by atoms with Gasteiger partial charge in [-0.05, 0) is 18.2 Å². The van der Waals surface area contributed by atoms with Gasteiger partial charge < -0.3 is 18.9 Å². The van der Waals surface area contributed by atoms with E-state index >= 15 is 0 Å². The first kappa shape index (κ1) is 24.5. The zero-order valence-electron chi connectivity index (χ0n) is 15.0. The molecule has 0 aliphatic heterocycles. The van der Waals surface area contributed by atoms with E-state index in [0.717, 1.165) is 25.3 Å². The fourth-order valence-electron chi connectivity index (χ4n) is 1.85. The molecule has 0 aromatic heterocycles. The monoisotopic (exact) mass is 395 g/mol. The average Bonchev–Trinajstić information content (AvgIpc) is 2.58. The molecular formula is C15H18NNaO8S. The van der Waals surface area contributed by atoms with Crippen LogP contribution in [0.3, 0.4) is 0 Å². The minimum Gasteiger partial charge on any atom is -0.744 e. The Kier molecular flexibility index (Phi) is 10.0. The first-order valence-electron chi connectivity index (χ1n) is 7.20. The normalized spacial score (nSPS) is 10.5. The Morgan fingerprint density at radius 2 is 1.65 bits per heavy atom. The summed E-state index contributed by atoms with van der Waals surface area (Å²) in [6.45, 7) is 1.69. The van der Waals surface area contributed by atoms with Gasteiger partial charge in [0.25, 0.3) is 0 Å². The van der Waals surface area contributed by atoms with Crippen molar-refractivity contribution in [1.29, 1.82) is 0 Å². The van der Waals surface area contributed by atoms with Crippen LogP contribution in [-0.4, -0.2) is 63.0 Å². The molecule has 0 spiro atoms. The molecule has 0 fully saturated rings. The van der Waals surface area contributed by atoms with Crippen LogP contribution in [0.5, 0.6) is 0 Å². The summed E-state index contributed by atoms with van der Waals surface area (Å²) in [7, 11) is -2.28. The molecule has 1 amide bonds. The second kappa shape index (κ2) is 10.6. The summed E-state index contributed by atoms with van der Waals surface area (Å²) >= 11 is 0. The van der Waals surface area contributed by atoms with Crippen molar-refractivity contribution in [3.63, 3.8) is 0 Å². The van der Waals surface area contributed by atoms with Crippen molar-refractivity contribution >= 4 is 28.0 Å². The van der Waals surface area contributed by atoms with Crippen LogP contribution in [0, 0.1) is 0 Å². The summed E-state index contributed by atoms with van der Waals surface area (Å²) < 4.78 is 42.9. The molecule has 0 saturated heterocycles. The number of benzene rings is 1. The molecule has 9 nitrogen and oxygen atoms in total. The van der Waals surface area contributed by atoms with Crippen molar-refractivity contribution < 1.29 is 66.4 Å². The molecule has 11 heteroatoms. The maximum atomic E-state index is 12.0. The molecule has 0 atom stereocenters. The van der Waals surface area contributed by atoms with Gasteiger partial charge in [-0.3, -0.25) is 4.79 Å². The van der Waals surface area contributed by atoms with Crippen molar-refractivity contribution in [3.05, 3.63) is 29.3 Å². The molecule has 26 heavy (non-hydrogen) atoms. The number of hydrogen-bond acceptors (Lipinski definition) is 8. The van der Waals surface area contributed by atoms with Gasteiger partial charge in [0, 0.05) is 13.5 Å². The van der Waals surface area contributed by atoms with Crippen LogP contribution in [0.4, 0.5) is 0 Å². The minimum atomic E-state index is -4.89. The molecule has 0 N–H and O–H groups in total. The van der Waals surface area contributed by atoms with E-state index in [1.807, 2.05) is 0 Å². The Labute approximate surface area is 173 Å². The summed E-state index contributed by atoms with van der Waals surface area (Å²) in [6.07, 6.45) is 0.302. The fraction of sp³-hybridized carbons (Fsp3) is 0.400. The zero-order valence-corrected chi connectivity index (χ0v) is 17.8. The number of rotatable bonds is 7. The summed E-state index contributed by atoms with van der Waals surface area (Å²) in [5.74, 6) is -1.98. The zero-order chi connectivity index (χ0) is 19.2. The molecule has 0 bridgehead atoms. The quantitative estimate of drug-likeness (QED) is 0.279. The van der Waals surface area contributed by atoms with E-state index in [9.17, 15) is 27.4 Å². The van der Waals surface area contributed by atoms with Crippen molar-refractivity contribution in [1.82, 2.24) is 4.90 Å². The Balaban J connectivity index is 0.00000625. The third-order valence-electron chi connectivity index (χ3n) is 3.24. The van der Waals surface area contributed by atoms with Crippen LogP contribution in [0.25, 0.3) is 0 Å². The van der Waals surface area contributed by atoms with Gasteiger partial charge in [0.05, 0.1) is 29.7 Å². The summed E-state index contributed by atoms with van der Waals surface area (Å²) in [6, 6.07) is 2.69. The summed E-state index contributed by atoms with van der Waals surface area (Å²) in [5, 5.41) is 0. The molecule has 1 aromatic rings. The third kappa shape index (κ3) is 7.04. The standard InChI is InChI=1S/C15H19NO8S.Na/c1-4-13(17)16(2)5-6-24-15(19)11-7-10(14(18)23-3)8-12(9-11)25(20,21)22;/h7-9H,4-6H2,1-3H3,(H,20,21,22);/q;+1/p-1.